The maximum Gasteiger partial charge on any atom is 0.337 e. The van der Waals surface area contributed by atoms with Crippen molar-refractivity contribution < 1.29 is 23.6 Å². The van der Waals surface area contributed by atoms with E-state index in [1.807, 2.05) is 11.2 Å². The van der Waals surface area contributed by atoms with Gasteiger partial charge in [-0.1, -0.05) is 6.07 Å². The maximum atomic E-state index is 14.4. The van der Waals surface area contributed by atoms with Gasteiger partial charge in [0.25, 0.3) is 5.69 Å². The van der Waals surface area contributed by atoms with E-state index >= 15 is 0 Å². The molecule has 206 valence electrons. The number of ether oxygens (including phenoxy) is 2. The smallest absolute Gasteiger partial charge is 0.337 e. The maximum absolute atomic E-state index is 14.4. The third-order valence-corrected chi connectivity index (χ3v) is 7.74. The predicted molar refractivity (Wildman–Crippen MR) is 150 cm³/mol. The van der Waals surface area contributed by atoms with Gasteiger partial charge in [0.2, 0.25) is 0 Å². The van der Waals surface area contributed by atoms with Crippen molar-refractivity contribution in [3.05, 3.63) is 93.9 Å². The van der Waals surface area contributed by atoms with Crippen LogP contribution in [0.15, 0.2) is 71.8 Å². The lowest BCUT2D eigenvalue weighted by Gasteiger charge is -2.31. The van der Waals surface area contributed by atoms with E-state index in [9.17, 15) is 19.3 Å². The Hall–Kier alpha value is -4.29. The van der Waals surface area contributed by atoms with E-state index in [4.69, 9.17) is 14.5 Å². The number of fused-ring (bicyclic) bond motifs is 1. The van der Waals surface area contributed by atoms with Gasteiger partial charge in [0, 0.05) is 35.7 Å². The summed E-state index contributed by atoms with van der Waals surface area (Å²) in [5.41, 5.74) is 2.63. The summed E-state index contributed by atoms with van der Waals surface area (Å²) in [5, 5.41) is 11.2. The van der Waals surface area contributed by atoms with E-state index in [1.54, 1.807) is 42.6 Å². The summed E-state index contributed by atoms with van der Waals surface area (Å²) in [4.78, 5) is 35.7. The fourth-order valence-electron chi connectivity index (χ4n) is 4.47. The molecule has 1 fully saturated rings. The van der Waals surface area contributed by atoms with E-state index in [2.05, 4.69) is 9.88 Å². The van der Waals surface area contributed by atoms with Gasteiger partial charge in [0.05, 0.1) is 59.8 Å². The van der Waals surface area contributed by atoms with Gasteiger partial charge in [0.1, 0.15) is 11.6 Å². The molecule has 0 N–H and O–H groups in total. The van der Waals surface area contributed by atoms with Gasteiger partial charge in [-0.05, 0) is 61.3 Å². The van der Waals surface area contributed by atoms with Crippen LogP contribution in [-0.4, -0.2) is 54.3 Å². The highest BCUT2D eigenvalue weighted by atomic mass is 32.2. The van der Waals surface area contributed by atoms with Crippen LogP contribution in [0.3, 0.4) is 0 Å². The zero-order valence-electron chi connectivity index (χ0n) is 21.8. The minimum absolute atomic E-state index is 0.0302. The first kappa shape index (κ1) is 27.3. The van der Waals surface area contributed by atoms with Gasteiger partial charge in [0.15, 0.2) is 0 Å². The molecule has 0 bridgehead atoms. The highest BCUT2D eigenvalue weighted by molar-refractivity contribution is 8.00. The molecule has 1 saturated heterocycles. The molecule has 5 rings (SSSR count). The van der Waals surface area contributed by atoms with Crippen molar-refractivity contribution in [2.24, 2.45) is 0 Å². The number of carbonyl (C=O) groups excluding carboxylic acids is 1. The Bertz CT molecular complexity index is 1550. The van der Waals surface area contributed by atoms with Gasteiger partial charge in [-0.2, -0.15) is 0 Å². The second-order valence-electron chi connectivity index (χ2n) is 9.08. The lowest BCUT2D eigenvalue weighted by molar-refractivity contribution is -0.384. The predicted octanol–water partition coefficient (Wildman–Crippen LogP) is 5.58. The van der Waals surface area contributed by atoms with Gasteiger partial charge in [-0.25, -0.2) is 14.2 Å². The third kappa shape index (κ3) is 5.82. The summed E-state index contributed by atoms with van der Waals surface area (Å²) in [5.74, 6) is -0.244. The van der Waals surface area contributed by atoms with Gasteiger partial charge in [-0.3, -0.25) is 15.1 Å². The van der Waals surface area contributed by atoms with Crippen molar-refractivity contribution in [3.63, 3.8) is 0 Å². The number of nitro groups is 1. The first-order valence-electron chi connectivity index (χ1n) is 12.5. The van der Waals surface area contributed by atoms with E-state index in [0.29, 0.717) is 64.9 Å². The highest BCUT2D eigenvalue weighted by Gasteiger charge is 2.25. The van der Waals surface area contributed by atoms with Crippen LogP contribution < -0.4 is 9.21 Å². The van der Waals surface area contributed by atoms with E-state index in [0.717, 1.165) is 0 Å². The first-order valence-corrected chi connectivity index (χ1v) is 13.3. The van der Waals surface area contributed by atoms with Crippen LogP contribution in [0.25, 0.3) is 11.0 Å². The Morgan fingerprint density at radius 3 is 2.60 bits per heavy atom. The van der Waals surface area contributed by atoms with Crippen molar-refractivity contribution >= 4 is 46.1 Å². The van der Waals surface area contributed by atoms with Crippen LogP contribution in [0.1, 0.15) is 28.9 Å². The van der Waals surface area contributed by atoms with Gasteiger partial charge in [-0.15, -0.1) is 0 Å². The molecule has 1 atom stereocenters. The molecular formula is C28H26FN5O5S. The number of nitro benzene ring substituents is 1. The van der Waals surface area contributed by atoms with Crippen LogP contribution in [0, 0.1) is 15.9 Å². The zero-order valence-corrected chi connectivity index (χ0v) is 22.6. The van der Waals surface area contributed by atoms with Crippen molar-refractivity contribution in [1.82, 2.24) is 9.97 Å². The third-order valence-electron chi connectivity index (χ3n) is 6.54. The molecular weight excluding hydrogens is 537 g/mol. The Morgan fingerprint density at radius 1 is 1.18 bits per heavy atom. The molecule has 3 aromatic carbocycles. The number of esters is 1. The van der Waals surface area contributed by atoms with Crippen molar-refractivity contribution in [2.75, 3.05) is 42.6 Å². The normalized spacial score (nSPS) is 14.1. The highest BCUT2D eigenvalue weighted by Crippen LogP contribution is 2.40. The number of benzene rings is 3. The molecule has 40 heavy (non-hydrogen) atoms. The molecule has 0 saturated carbocycles. The fraction of sp³-hybridized carbons (Fsp3) is 0.250. The number of aromatic nitrogens is 2. The van der Waals surface area contributed by atoms with Crippen molar-refractivity contribution in [3.8, 4) is 0 Å². The second kappa shape index (κ2) is 11.8. The number of rotatable bonds is 8. The molecule has 1 unspecified atom stereocenters. The molecule has 1 aliphatic rings. The number of anilines is 2. The molecule has 1 aromatic heterocycles. The zero-order chi connectivity index (χ0) is 28.2. The van der Waals surface area contributed by atoms with E-state index in [-0.39, 0.29) is 5.69 Å². The Balaban J connectivity index is 1.63. The average Bonchev–Trinajstić information content (AvgIpc) is 2.99. The van der Waals surface area contributed by atoms with E-state index in [1.165, 1.54) is 43.3 Å². The quantitative estimate of drug-likeness (QED) is 0.117. The number of halogens is 1. The molecule has 12 heteroatoms. The summed E-state index contributed by atoms with van der Waals surface area (Å²) in [7, 11) is 1.31. The van der Waals surface area contributed by atoms with Crippen LogP contribution >= 0.6 is 11.9 Å². The van der Waals surface area contributed by atoms with Crippen molar-refractivity contribution in [1.29, 1.82) is 0 Å². The summed E-state index contributed by atoms with van der Waals surface area (Å²) < 4.78 is 26.7. The fourth-order valence-corrected chi connectivity index (χ4v) is 5.44. The number of nitrogens with zero attached hydrogens (tertiary/aromatic N) is 5. The number of methoxy groups -OCH3 is 1. The number of hydrogen-bond acceptors (Lipinski definition) is 10. The number of hydrogen-bond donors (Lipinski definition) is 0. The standard InChI is InChI=1S/C28H26FN5O5S/c1-18(33(22-5-3-4-20(29)16-22)40-23-8-6-21(7-9-23)34(36)37)24-14-19(28(35)38-2)15-25-27(24)31-26(17-30-25)32-10-12-39-13-11-32/h3-9,14-18H,10-13H2,1-2H3. The molecule has 4 aromatic rings. The summed E-state index contributed by atoms with van der Waals surface area (Å²) in [6, 6.07) is 15.2. The van der Waals surface area contributed by atoms with Gasteiger partial charge >= 0.3 is 5.97 Å². The van der Waals surface area contributed by atoms with Crippen LogP contribution in [-0.2, 0) is 9.47 Å². The lowest BCUT2D eigenvalue weighted by Crippen LogP contribution is -2.36. The molecule has 1 aliphatic heterocycles. The minimum Gasteiger partial charge on any atom is -0.465 e. The van der Waals surface area contributed by atoms with Crippen LogP contribution in [0.4, 0.5) is 21.6 Å². The Morgan fingerprint density at radius 2 is 1.93 bits per heavy atom. The molecule has 0 amide bonds. The Labute approximate surface area is 234 Å². The number of non-ortho nitro benzene ring substituents is 1. The Kier molecular flexibility index (Phi) is 8.08. The summed E-state index contributed by atoms with van der Waals surface area (Å²) in [6.07, 6.45) is 1.68. The monoisotopic (exact) mass is 563 g/mol. The minimum atomic E-state index is -0.519. The van der Waals surface area contributed by atoms with Crippen LogP contribution in [0.5, 0.6) is 0 Å². The lowest BCUT2D eigenvalue weighted by atomic mass is 10.0. The SMILES string of the molecule is COC(=O)c1cc(C(C)N(Sc2ccc([N+](=O)[O-])cc2)c2cccc(F)c2)c2nc(N3CCOCC3)cnc2c1. The molecule has 0 radical (unpaired) electrons. The molecule has 2 heterocycles. The number of morpholine rings is 1. The van der Waals surface area contributed by atoms with Crippen molar-refractivity contribution in [2.45, 2.75) is 17.9 Å². The summed E-state index contributed by atoms with van der Waals surface area (Å²) in [6.45, 7) is 4.45. The summed E-state index contributed by atoms with van der Waals surface area (Å²) >= 11 is 1.29. The average molecular weight is 564 g/mol. The topological polar surface area (TPSA) is 111 Å². The van der Waals surface area contributed by atoms with Crippen LogP contribution in [0.2, 0.25) is 0 Å². The van der Waals surface area contributed by atoms with Gasteiger partial charge < -0.3 is 18.7 Å². The van der Waals surface area contributed by atoms with E-state index < -0.39 is 22.8 Å². The second-order valence-corrected chi connectivity index (χ2v) is 10.1. The molecule has 0 spiro atoms. The molecule has 0 aliphatic carbocycles. The first-order chi connectivity index (χ1) is 19.3. The molecule has 10 nitrogen and oxygen atoms in total. The largest absolute Gasteiger partial charge is 0.465 e. The number of carbonyl (C=O) groups is 1.